The van der Waals surface area contributed by atoms with Crippen molar-refractivity contribution in [2.45, 2.75) is 50.5 Å². The minimum atomic E-state index is -3.96. The standard InChI is InChI=1S/C29H31ClN2O3S/c1-22-11-17-26(18-12-22)36(34,35)32(21-24-13-15-25(30)16-14-24)28-10-6-5-9-27(28)29(33)31-20-19-23-7-3-2-4-8-23/h5-7,9-18H,2-4,8,19-21H2,1H3,(H,31,33). The number of sulfonamides is 1. The van der Waals surface area contributed by atoms with Crippen LogP contribution in [-0.4, -0.2) is 20.9 Å². The van der Waals surface area contributed by atoms with E-state index in [0.717, 1.165) is 30.4 Å². The average Bonchev–Trinajstić information content (AvgIpc) is 2.89. The summed E-state index contributed by atoms with van der Waals surface area (Å²) >= 11 is 6.05. The number of hydrogen-bond acceptors (Lipinski definition) is 3. The highest BCUT2D eigenvalue weighted by molar-refractivity contribution is 7.92. The van der Waals surface area contributed by atoms with E-state index in [1.54, 1.807) is 72.8 Å². The van der Waals surface area contributed by atoms with Crippen molar-refractivity contribution in [2.75, 3.05) is 10.8 Å². The summed E-state index contributed by atoms with van der Waals surface area (Å²) in [5.41, 5.74) is 3.75. The highest BCUT2D eigenvalue weighted by Crippen LogP contribution is 2.30. The number of benzene rings is 3. The summed E-state index contributed by atoms with van der Waals surface area (Å²) in [5, 5.41) is 3.56. The van der Waals surface area contributed by atoms with Crippen LogP contribution in [0.25, 0.3) is 0 Å². The fourth-order valence-electron chi connectivity index (χ4n) is 4.34. The van der Waals surface area contributed by atoms with E-state index in [1.165, 1.54) is 22.7 Å². The van der Waals surface area contributed by atoms with Crippen LogP contribution < -0.4 is 9.62 Å². The molecule has 0 bridgehead atoms. The molecular weight excluding hydrogens is 492 g/mol. The molecule has 0 unspecified atom stereocenters. The van der Waals surface area contributed by atoms with Gasteiger partial charge in [0.05, 0.1) is 22.7 Å². The highest BCUT2D eigenvalue weighted by atomic mass is 35.5. The Bertz CT molecular complexity index is 1330. The Kier molecular flexibility index (Phi) is 8.49. The van der Waals surface area contributed by atoms with E-state index >= 15 is 0 Å². The molecule has 0 aliphatic heterocycles. The van der Waals surface area contributed by atoms with Gasteiger partial charge in [0.15, 0.2) is 0 Å². The van der Waals surface area contributed by atoms with Crippen molar-refractivity contribution in [2.24, 2.45) is 0 Å². The van der Waals surface area contributed by atoms with Gasteiger partial charge in [-0.1, -0.05) is 65.2 Å². The van der Waals surface area contributed by atoms with Gasteiger partial charge in [0.2, 0.25) is 0 Å². The highest BCUT2D eigenvalue weighted by Gasteiger charge is 2.28. The summed E-state index contributed by atoms with van der Waals surface area (Å²) < 4.78 is 29.0. The molecule has 5 nitrogen and oxygen atoms in total. The molecule has 0 radical (unpaired) electrons. The molecule has 1 N–H and O–H groups in total. The molecule has 7 heteroatoms. The van der Waals surface area contributed by atoms with Gasteiger partial charge in [0.25, 0.3) is 15.9 Å². The summed E-state index contributed by atoms with van der Waals surface area (Å²) in [5.74, 6) is -0.290. The zero-order valence-corrected chi connectivity index (χ0v) is 22.0. The zero-order valence-electron chi connectivity index (χ0n) is 20.4. The SMILES string of the molecule is Cc1ccc(S(=O)(=O)N(Cc2ccc(Cl)cc2)c2ccccc2C(=O)NCCC2=CCCCC2)cc1. The first-order chi connectivity index (χ1) is 17.3. The number of allylic oxidation sites excluding steroid dienone is 1. The first-order valence-corrected chi connectivity index (χ1v) is 14.1. The Morgan fingerprint density at radius 2 is 1.69 bits per heavy atom. The first kappa shape index (κ1) is 26.0. The minimum Gasteiger partial charge on any atom is -0.352 e. The normalized spacial score (nSPS) is 13.7. The van der Waals surface area contributed by atoms with E-state index in [9.17, 15) is 13.2 Å². The maximum atomic E-state index is 13.9. The Morgan fingerprint density at radius 3 is 2.39 bits per heavy atom. The second-order valence-corrected chi connectivity index (χ2v) is 11.4. The van der Waals surface area contributed by atoms with E-state index in [0.29, 0.717) is 22.8 Å². The van der Waals surface area contributed by atoms with Crippen LogP contribution in [0.1, 0.15) is 53.6 Å². The van der Waals surface area contributed by atoms with Crippen molar-refractivity contribution in [3.8, 4) is 0 Å². The number of rotatable bonds is 9. The lowest BCUT2D eigenvalue weighted by atomic mass is 9.97. The van der Waals surface area contributed by atoms with Gasteiger partial charge < -0.3 is 5.32 Å². The van der Waals surface area contributed by atoms with Crippen LogP contribution in [0.2, 0.25) is 5.02 Å². The molecule has 3 aromatic rings. The first-order valence-electron chi connectivity index (χ1n) is 12.2. The van der Waals surface area contributed by atoms with Crippen molar-refractivity contribution < 1.29 is 13.2 Å². The number of para-hydroxylation sites is 1. The number of aryl methyl sites for hydroxylation is 1. The molecule has 4 rings (SSSR count). The lowest BCUT2D eigenvalue weighted by Gasteiger charge is -2.27. The third kappa shape index (κ3) is 6.37. The van der Waals surface area contributed by atoms with E-state index in [4.69, 9.17) is 11.6 Å². The Labute approximate surface area is 218 Å². The van der Waals surface area contributed by atoms with Crippen molar-refractivity contribution in [1.82, 2.24) is 5.32 Å². The number of halogens is 1. The molecule has 0 heterocycles. The minimum absolute atomic E-state index is 0.0601. The lowest BCUT2D eigenvalue weighted by molar-refractivity contribution is 0.0954. The van der Waals surface area contributed by atoms with Gasteiger partial charge in [0.1, 0.15) is 0 Å². The number of carbonyl (C=O) groups excluding carboxylic acids is 1. The Balaban J connectivity index is 1.66. The summed E-state index contributed by atoms with van der Waals surface area (Å²) in [7, 11) is -3.96. The van der Waals surface area contributed by atoms with E-state index in [2.05, 4.69) is 11.4 Å². The zero-order chi connectivity index (χ0) is 25.5. The van der Waals surface area contributed by atoms with Gasteiger partial charge >= 0.3 is 0 Å². The molecule has 0 fully saturated rings. The molecule has 1 aliphatic carbocycles. The monoisotopic (exact) mass is 522 g/mol. The molecule has 0 saturated heterocycles. The topological polar surface area (TPSA) is 66.5 Å². The smallest absolute Gasteiger partial charge is 0.264 e. The number of hydrogen-bond donors (Lipinski definition) is 1. The van der Waals surface area contributed by atoms with Gasteiger partial charge in [-0.25, -0.2) is 8.42 Å². The van der Waals surface area contributed by atoms with Gasteiger partial charge in [-0.3, -0.25) is 9.10 Å². The van der Waals surface area contributed by atoms with Crippen molar-refractivity contribution in [1.29, 1.82) is 0 Å². The van der Waals surface area contributed by atoms with Crippen LogP contribution in [0.15, 0.2) is 89.3 Å². The molecule has 0 atom stereocenters. The Morgan fingerprint density at radius 1 is 0.972 bits per heavy atom. The third-order valence-electron chi connectivity index (χ3n) is 6.38. The van der Waals surface area contributed by atoms with Crippen molar-refractivity contribution >= 4 is 33.2 Å². The van der Waals surface area contributed by atoms with Crippen molar-refractivity contribution in [3.63, 3.8) is 0 Å². The van der Waals surface area contributed by atoms with E-state index in [1.807, 2.05) is 6.92 Å². The fourth-order valence-corrected chi connectivity index (χ4v) is 5.94. The van der Waals surface area contributed by atoms with Crippen LogP contribution >= 0.6 is 11.6 Å². The summed E-state index contributed by atoms with van der Waals surface area (Å²) in [6.07, 6.45) is 7.68. The summed E-state index contributed by atoms with van der Waals surface area (Å²) in [6, 6.07) is 20.6. The lowest BCUT2D eigenvalue weighted by Crippen LogP contribution is -2.34. The largest absolute Gasteiger partial charge is 0.352 e. The number of nitrogens with one attached hydrogen (secondary N) is 1. The van der Waals surface area contributed by atoms with E-state index < -0.39 is 10.0 Å². The molecule has 3 aromatic carbocycles. The summed E-state index contributed by atoms with van der Waals surface area (Å²) in [6.45, 7) is 2.48. The van der Waals surface area contributed by atoms with Gasteiger partial charge in [0, 0.05) is 11.6 Å². The molecule has 1 amide bonds. The fraction of sp³-hybridized carbons (Fsp3) is 0.276. The number of nitrogens with zero attached hydrogens (tertiary/aromatic N) is 1. The second-order valence-electron chi connectivity index (χ2n) is 9.08. The molecule has 188 valence electrons. The number of carbonyl (C=O) groups is 1. The van der Waals surface area contributed by atoms with Gasteiger partial charge in [-0.2, -0.15) is 0 Å². The van der Waals surface area contributed by atoms with Crippen LogP contribution in [0.3, 0.4) is 0 Å². The van der Waals surface area contributed by atoms with Crippen LogP contribution in [-0.2, 0) is 16.6 Å². The third-order valence-corrected chi connectivity index (χ3v) is 8.41. The molecule has 0 saturated carbocycles. The van der Waals surface area contributed by atoms with Crippen LogP contribution in [0, 0.1) is 6.92 Å². The van der Waals surface area contributed by atoms with Crippen LogP contribution in [0.4, 0.5) is 5.69 Å². The molecular formula is C29H31ClN2O3S. The van der Waals surface area contributed by atoms with Gasteiger partial charge in [-0.05, 0) is 81.0 Å². The summed E-state index contributed by atoms with van der Waals surface area (Å²) in [4.78, 5) is 13.4. The average molecular weight is 523 g/mol. The second kappa shape index (κ2) is 11.8. The van der Waals surface area contributed by atoms with Crippen LogP contribution in [0.5, 0.6) is 0 Å². The quantitative estimate of drug-likeness (QED) is 0.319. The maximum Gasteiger partial charge on any atom is 0.264 e. The number of amides is 1. The van der Waals surface area contributed by atoms with Gasteiger partial charge in [-0.15, -0.1) is 0 Å². The predicted molar refractivity (Wildman–Crippen MR) is 146 cm³/mol. The molecule has 36 heavy (non-hydrogen) atoms. The predicted octanol–water partition coefficient (Wildman–Crippen LogP) is 6.66. The molecule has 0 aromatic heterocycles. The molecule has 0 spiro atoms. The van der Waals surface area contributed by atoms with E-state index in [-0.39, 0.29) is 17.3 Å². The number of anilines is 1. The maximum absolute atomic E-state index is 13.9. The van der Waals surface area contributed by atoms with Crippen molar-refractivity contribution in [3.05, 3.63) is 106 Å². The molecule has 1 aliphatic rings. The Hall–Kier alpha value is -3.09.